The zero-order valence-electron chi connectivity index (χ0n) is 14.0. The van der Waals surface area contributed by atoms with Gasteiger partial charge in [0.25, 0.3) is 0 Å². The first-order valence-electron chi connectivity index (χ1n) is 7.45. The third kappa shape index (κ3) is 44.6. The molecule has 0 aromatic carbocycles. The van der Waals surface area contributed by atoms with Crippen LogP contribution < -0.4 is 0 Å². The van der Waals surface area contributed by atoms with Gasteiger partial charge in [-0.25, -0.2) is 0 Å². The molecule has 116 valence electrons. The van der Waals surface area contributed by atoms with Crippen LogP contribution in [-0.2, 0) is 0 Å². The van der Waals surface area contributed by atoms with Gasteiger partial charge >= 0.3 is 0 Å². The third-order valence-corrected chi connectivity index (χ3v) is 2.30. The van der Waals surface area contributed by atoms with E-state index in [2.05, 4.69) is 39.5 Å². The Morgan fingerprint density at radius 3 is 0.944 bits per heavy atom. The van der Waals surface area contributed by atoms with Gasteiger partial charge in [0, 0.05) is 13.7 Å². The summed E-state index contributed by atoms with van der Waals surface area (Å²) in [7, 11) is 1.00. The highest BCUT2D eigenvalue weighted by atomic mass is 16.2. The van der Waals surface area contributed by atoms with Crippen molar-refractivity contribution in [3.8, 4) is 0 Å². The minimum atomic E-state index is 0.250. The molecule has 0 radical (unpaired) electrons. The number of aliphatic hydroxyl groups excluding tert-OH is 2. The van der Waals surface area contributed by atoms with Crippen LogP contribution in [0.3, 0.4) is 0 Å². The van der Waals surface area contributed by atoms with Crippen molar-refractivity contribution in [2.75, 3.05) is 33.4 Å². The van der Waals surface area contributed by atoms with E-state index >= 15 is 0 Å². The molecule has 0 aromatic heterocycles. The lowest BCUT2D eigenvalue weighted by Crippen LogP contribution is -2.21. The largest absolute Gasteiger partial charge is 0.400 e. The van der Waals surface area contributed by atoms with Crippen LogP contribution in [0.4, 0.5) is 0 Å². The fourth-order valence-electron chi connectivity index (χ4n) is 1.17. The molecular weight excluding hydrogens is 226 g/mol. The molecule has 0 fully saturated rings. The summed E-state index contributed by atoms with van der Waals surface area (Å²) in [5, 5.41) is 14.6. The van der Waals surface area contributed by atoms with Crippen LogP contribution >= 0.6 is 0 Å². The Kier molecular flexibility index (Phi) is 52.8. The summed E-state index contributed by atoms with van der Waals surface area (Å²) in [5.41, 5.74) is 0. The zero-order chi connectivity index (χ0) is 15.2. The molecule has 0 aliphatic carbocycles. The molecule has 0 bridgehead atoms. The molecule has 0 aliphatic heterocycles. The summed E-state index contributed by atoms with van der Waals surface area (Å²) >= 11 is 0. The van der Waals surface area contributed by atoms with Crippen LogP contribution in [0.5, 0.6) is 0 Å². The van der Waals surface area contributed by atoms with Crippen LogP contribution in [0.25, 0.3) is 0 Å². The number of hydrogen-bond acceptors (Lipinski definition) is 3. The van der Waals surface area contributed by atoms with E-state index in [0.29, 0.717) is 0 Å². The Hall–Kier alpha value is -0.120. The minimum absolute atomic E-state index is 0.250. The lowest BCUT2D eigenvalue weighted by molar-refractivity contribution is 0.318. The molecular formula is C15H39NO2. The first-order valence-corrected chi connectivity index (χ1v) is 7.45. The second-order valence-electron chi connectivity index (χ2n) is 3.64. The topological polar surface area (TPSA) is 43.7 Å². The van der Waals surface area contributed by atoms with Crippen molar-refractivity contribution in [1.29, 1.82) is 0 Å². The maximum Gasteiger partial charge on any atom is 0.0402 e. The monoisotopic (exact) mass is 265 g/mol. The predicted molar refractivity (Wildman–Crippen MR) is 84.2 cm³/mol. The van der Waals surface area contributed by atoms with Crippen molar-refractivity contribution in [3.05, 3.63) is 0 Å². The predicted octanol–water partition coefficient (Wildman–Crippen LogP) is 3.54. The van der Waals surface area contributed by atoms with Crippen molar-refractivity contribution in [2.45, 2.75) is 67.2 Å². The molecule has 2 N–H and O–H groups in total. The molecule has 18 heavy (non-hydrogen) atoms. The molecule has 0 rings (SSSR count). The number of aliphatic hydroxyl groups is 2. The first-order chi connectivity index (χ1) is 8.67. The maximum atomic E-state index is 7.57. The van der Waals surface area contributed by atoms with Crippen LogP contribution in [0.2, 0.25) is 0 Å². The van der Waals surface area contributed by atoms with Crippen LogP contribution in [-0.4, -0.2) is 48.5 Å². The van der Waals surface area contributed by atoms with E-state index in [0.717, 1.165) is 7.11 Å². The summed E-state index contributed by atoms with van der Waals surface area (Å²) in [5.74, 6) is 0. The fourth-order valence-corrected chi connectivity index (χ4v) is 1.17. The maximum absolute atomic E-state index is 7.57. The summed E-state index contributed by atoms with van der Waals surface area (Å²) in [6.45, 7) is 16.5. The molecule has 3 nitrogen and oxygen atoms in total. The van der Waals surface area contributed by atoms with Crippen LogP contribution in [0.15, 0.2) is 0 Å². The number of unbranched alkanes of at least 4 members (excludes halogenated alkanes) is 3. The van der Waals surface area contributed by atoms with Gasteiger partial charge in [0.2, 0.25) is 0 Å². The normalized spacial score (nSPS) is 8.33. The van der Waals surface area contributed by atoms with E-state index in [-0.39, 0.29) is 6.61 Å². The van der Waals surface area contributed by atoms with Crippen LogP contribution in [0, 0.1) is 0 Å². The van der Waals surface area contributed by atoms with Gasteiger partial charge in [0.1, 0.15) is 0 Å². The molecule has 0 aliphatic rings. The second-order valence-corrected chi connectivity index (χ2v) is 3.64. The van der Waals surface area contributed by atoms with Gasteiger partial charge < -0.3 is 15.1 Å². The molecule has 0 unspecified atom stereocenters. The average molecular weight is 265 g/mol. The summed E-state index contributed by atoms with van der Waals surface area (Å²) in [4.78, 5) is 2.38. The van der Waals surface area contributed by atoms with E-state index in [9.17, 15) is 0 Å². The summed E-state index contributed by atoms with van der Waals surface area (Å²) < 4.78 is 0. The highest BCUT2D eigenvalue weighted by Crippen LogP contribution is 1.95. The number of nitrogens with zero attached hydrogens (tertiary/aromatic N) is 1. The van der Waals surface area contributed by atoms with Gasteiger partial charge in [-0.3, -0.25) is 0 Å². The summed E-state index contributed by atoms with van der Waals surface area (Å²) in [6.07, 6.45) is 5.54. The lowest BCUT2D eigenvalue weighted by atomic mass is 10.2. The van der Waals surface area contributed by atoms with Gasteiger partial charge in [-0.05, 0) is 26.6 Å². The quantitative estimate of drug-likeness (QED) is 0.722. The highest BCUT2D eigenvalue weighted by molar-refractivity contribution is 4.43. The number of hydrogen-bond donors (Lipinski definition) is 2. The first kappa shape index (κ1) is 26.4. The van der Waals surface area contributed by atoms with Gasteiger partial charge in [0.05, 0.1) is 0 Å². The fraction of sp³-hybridized carbons (Fsp3) is 1.00. The molecule has 0 saturated carbocycles. The van der Waals surface area contributed by atoms with E-state index in [1.54, 1.807) is 6.92 Å². The molecule has 0 amide bonds. The van der Waals surface area contributed by atoms with Gasteiger partial charge in [-0.1, -0.05) is 60.3 Å². The molecule has 0 atom stereocenters. The Bertz CT molecular complexity index is 77.1. The van der Waals surface area contributed by atoms with E-state index in [1.807, 2.05) is 0 Å². The van der Waals surface area contributed by atoms with Gasteiger partial charge in [0.15, 0.2) is 0 Å². The molecule has 0 spiro atoms. The SMILES string of the molecule is CCCCCC.CCN(CC)CC.CCO.CO. The Balaban J connectivity index is -0.0000000811. The molecule has 3 heteroatoms. The lowest BCUT2D eigenvalue weighted by Gasteiger charge is -2.13. The van der Waals surface area contributed by atoms with Crippen molar-refractivity contribution < 1.29 is 10.2 Å². The van der Waals surface area contributed by atoms with Gasteiger partial charge in [-0.2, -0.15) is 0 Å². The highest BCUT2D eigenvalue weighted by Gasteiger charge is 1.89. The van der Waals surface area contributed by atoms with E-state index in [1.165, 1.54) is 45.3 Å². The minimum Gasteiger partial charge on any atom is -0.400 e. The Labute approximate surface area is 116 Å². The Morgan fingerprint density at radius 1 is 0.667 bits per heavy atom. The smallest absolute Gasteiger partial charge is 0.0402 e. The van der Waals surface area contributed by atoms with Crippen molar-refractivity contribution in [2.24, 2.45) is 0 Å². The van der Waals surface area contributed by atoms with Crippen molar-refractivity contribution in [3.63, 3.8) is 0 Å². The third-order valence-electron chi connectivity index (χ3n) is 2.30. The van der Waals surface area contributed by atoms with E-state index in [4.69, 9.17) is 10.2 Å². The summed E-state index contributed by atoms with van der Waals surface area (Å²) in [6, 6.07) is 0. The zero-order valence-corrected chi connectivity index (χ0v) is 14.0. The Morgan fingerprint density at radius 2 is 0.889 bits per heavy atom. The van der Waals surface area contributed by atoms with Gasteiger partial charge in [-0.15, -0.1) is 0 Å². The molecule has 0 heterocycles. The molecule has 0 saturated heterocycles. The van der Waals surface area contributed by atoms with E-state index < -0.39 is 0 Å². The average Bonchev–Trinajstić information content (AvgIpc) is 2.42. The van der Waals surface area contributed by atoms with Crippen molar-refractivity contribution >= 4 is 0 Å². The second kappa shape index (κ2) is 36.0. The standard InChI is InChI=1S/C6H15N.C6H14.C2H6O.CH4O/c1-4-7(5-2)6-3;1-3-5-6-4-2;1-2-3;1-2/h4-6H2,1-3H3;3-6H2,1-2H3;3H,2H2,1H3;2H,1H3. The van der Waals surface area contributed by atoms with Crippen LogP contribution in [0.1, 0.15) is 67.2 Å². The van der Waals surface area contributed by atoms with Crippen molar-refractivity contribution in [1.82, 2.24) is 4.90 Å². The molecule has 0 aromatic rings. The number of rotatable bonds is 6.